The number of esters is 1. The minimum atomic E-state index is -2.01. The summed E-state index contributed by atoms with van der Waals surface area (Å²) in [5.41, 5.74) is 0.616. The van der Waals surface area contributed by atoms with Gasteiger partial charge in [0.25, 0.3) is 0 Å². The smallest absolute Gasteiger partial charge is 0.343 e. The lowest BCUT2D eigenvalue weighted by Gasteiger charge is -2.29. The number of carbonyl (C=O) groups excluding carboxylic acids is 2. The number of alkyl halides is 1. The number of pyridine rings is 1. The van der Waals surface area contributed by atoms with Gasteiger partial charge in [-0.25, -0.2) is 18.6 Å². The van der Waals surface area contributed by atoms with Crippen LogP contribution in [0.1, 0.15) is 74.9 Å². The standard InChI is InChI=1S/C33H38F2N2O4/c1-7-37(20(2)3)19-25-15-24(13-14-27(25)28-17-30(40-6)36-18-29(28)34)32(39)41-26-10-8-9-23(16-26)31(22-11-12-22)33(5,35)21(4)38/h8-10,13-18,20,22,31H,7,11-12,19H2,1-6H3/t31-,33-/m0/s1. The number of halogens is 2. The summed E-state index contributed by atoms with van der Waals surface area (Å²) in [6.45, 7) is 10.0. The Morgan fingerprint density at radius 2 is 1.85 bits per heavy atom. The van der Waals surface area contributed by atoms with Crippen LogP contribution in [0.15, 0.2) is 54.7 Å². The maximum absolute atomic E-state index is 15.5. The van der Waals surface area contributed by atoms with Gasteiger partial charge in [-0.2, -0.15) is 0 Å². The van der Waals surface area contributed by atoms with Gasteiger partial charge in [0.2, 0.25) is 5.88 Å². The van der Waals surface area contributed by atoms with Crippen LogP contribution in [-0.2, 0) is 11.3 Å². The summed E-state index contributed by atoms with van der Waals surface area (Å²) < 4.78 is 41.4. The number of rotatable bonds is 12. The number of ketones is 1. The van der Waals surface area contributed by atoms with Crippen LogP contribution >= 0.6 is 0 Å². The zero-order valence-electron chi connectivity index (χ0n) is 24.5. The van der Waals surface area contributed by atoms with E-state index >= 15 is 4.39 Å². The molecule has 2 atom stereocenters. The highest BCUT2D eigenvalue weighted by molar-refractivity contribution is 5.92. The Kier molecular flexibility index (Phi) is 9.22. The Morgan fingerprint density at radius 3 is 2.46 bits per heavy atom. The molecular formula is C33H38F2N2O4. The van der Waals surface area contributed by atoms with Crippen LogP contribution in [0.3, 0.4) is 0 Å². The highest BCUT2D eigenvalue weighted by Crippen LogP contribution is 2.50. The summed E-state index contributed by atoms with van der Waals surface area (Å²) in [4.78, 5) is 31.6. The van der Waals surface area contributed by atoms with E-state index in [1.54, 1.807) is 48.5 Å². The summed E-state index contributed by atoms with van der Waals surface area (Å²) in [6, 6.07) is 13.6. The van der Waals surface area contributed by atoms with Crippen molar-refractivity contribution >= 4 is 11.8 Å². The molecule has 0 amide bonds. The van der Waals surface area contributed by atoms with Crippen LogP contribution in [0.5, 0.6) is 11.6 Å². The zero-order valence-corrected chi connectivity index (χ0v) is 24.5. The number of methoxy groups -OCH3 is 1. The van der Waals surface area contributed by atoms with Gasteiger partial charge < -0.3 is 9.47 Å². The second kappa shape index (κ2) is 12.5. The van der Waals surface area contributed by atoms with Gasteiger partial charge in [0.05, 0.1) is 18.9 Å². The van der Waals surface area contributed by atoms with Gasteiger partial charge in [0.1, 0.15) is 11.6 Å². The second-order valence-corrected chi connectivity index (χ2v) is 11.1. The van der Waals surface area contributed by atoms with Crippen molar-refractivity contribution in [1.82, 2.24) is 9.88 Å². The molecule has 0 unspecified atom stereocenters. The summed E-state index contributed by atoms with van der Waals surface area (Å²) in [6.07, 6.45) is 2.83. The lowest BCUT2D eigenvalue weighted by Crippen LogP contribution is -2.36. The first-order valence-corrected chi connectivity index (χ1v) is 14.0. The third-order valence-corrected chi connectivity index (χ3v) is 7.97. The van der Waals surface area contributed by atoms with Gasteiger partial charge in [-0.3, -0.25) is 9.69 Å². The van der Waals surface area contributed by atoms with E-state index in [1.807, 2.05) is 6.92 Å². The van der Waals surface area contributed by atoms with Crippen molar-refractivity contribution < 1.29 is 27.8 Å². The maximum Gasteiger partial charge on any atom is 0.343 e. The largest absolute Gasteiger partial charge is 0.481 e. The molecule has 6 nitrogen and oxygen atoms in total. The van der Waals surface area contributed by atoms with Gasteiger partial charge in [0, 0.05) is 30.1 Å². The first-order valence-electron chi connectivity index (χ1n) is 14.0. The molecule has 0 radical (unpaired) electrons. The van der Waals surface area contributed by atoms with Crippen molar-refractivity contribution in [1.29, 1.82) is 0 Å². The van der Waals surface area contributed by atoms with Crippen LogP contribution in [0, 0.1) is 11.7 Å². The average Bonchev–Trinajstić information content (AvgIpc) is 3.77. The predicted molar refractivity (Wildman–Crippen MR) is 154 cm³/mol. The van der Waals surface area contributed by atoms with Gasteiger partial charge >= 0.3 is 5.97 Å². The van der Waals surface area contributed by atoms with E-state index in [1.165, 1.54) is 21.0 Å². The fraction of sp³-hybridized carbons (Fsp3) is 0.424. The third-order valence-electron chi connectivity index (χ3n) is 7.97. The van der Waals surface area contributed by atoms with E-state index in [4.69, 9.17) is 9.47 Å². The zero-order chi connectivity index (χ0) is 29.9. The molecule has 0 aliphatic heterocycles. The van der Waals surface area contributed by atoms with Crippen LogP contribution < -0.4 is 9.47 Å². The Hall–Kier alpha value is -3.65. The Bertz CT molecular complexity index is 1420. The van der Waals surface area contributed by atoms with Crippen molar-refractivity contribution in [3.63, 3.8) is 0 Å². The molecule has 8 heteroatoms. The molecule has 0 N–H and O–H groups in total. The van der Waals surface area contributed by atoms with E-state index in [-0.39, 0.29) is 23.6 Å². The normalized spacial score (nSPS) is 15.5. The lowest BCUT2D eigenvalue weighted by atomic mass is 9.79. The van der Waals surface area contributed by atoms with Gasteiger partial charge in [-0.05, 0) is 94.0 Å². The number of Topliss-reactive ketones (excluding diaryl/α,β-unsaturated/α-hetero) is 1. The Labute approximate surface area is 240 Å². The topological polar surface area (TPSA) is 68.7 Å². The first kappa shape index (κ1) is 30.3. The van der Waals surface area contributed by atoms with Gasteiger partial charge in [-0.1, -0.05) is 25.1 Å². The van der Waals surface area contributed by atoms with E-state index in [9.17, 15) is 14.0 Å². The molecule has 2 aromatic carbocycles. The van der Waals surface area contributed by atoms with Crippen molar-refractivity contribution in [3.05, 3.63) is 77.2 Å². The van der Waals surface area contributed by atoms with Gasteiger partial charge in [0.15, 0.2) is 11.5 Å². The monoisotopic (exact) mass is 564 g/mol. The van der Waals surface area contributed by atoms with Crippen molar-refractivity contribution in [3.8, 4) is 22.8 Å². The molecule has 1 fully saturated rings. The molecule has 1 saturated carbocycles. The van der Waals surface area contributed by atoms with Crippen LogP contribution in [0.25, 0.3) is 11.1 Å². The SMILES string of the molecule is CCN(Cc1cc(C(=O)Oc2cccc([C@H](C3CC3)[C@@](C)(F)C(C)=O)c2)ccc1-c1cc(OC)ncc1F)C(C)C. The number of aromatic nitrogens is 1. The highest BCUT2D eigenvalue weighted by Gasteiger charge is 2.48. The highest BCUT2D eigenvalue weighted by atomic mass is 19.1. The maximum atomic E-state index is 15.5. The molecule has 41 heavy (non-hydrogen) atoms. The number of hydrogen-bond donors (Lipinski definition) is 0. The third kappa shape index (κ3) is 6.81. The number of hydrogen-bond acceptors (Lipinski definition) is 6. The molecule has 0 saturated heterocycles. The number of carbonyl (C=O) groups is 2. The lowest BCUT2D eigenvalue weighted by molar-refractivity contribution is -0.129. The second-order valence-electron chi connectivity index (χ2n) is 11.1. The summed E-state index contributed by atoms with van der Waals surface area (Å²) in [5, 5.41) is 0. The van der Waals surface area contributed by atoms with Crippen molar-refractivity contribution in [2.45, 2.75) is 71.6 Å². The first-order chi connectivity index (χ1) is 19.5. The van der Waals surface area contributed by atoms with E-state index in [2.05, 4.69) is 23.7 Å². The summed E-state index contributed by atoms with van der Waals surface area (Å²) >= 11 is 0. The number of benzene rings is 2. The number of ether oxygens (including phenoxy) is 2. The molecule has 1 aromatic heterocycles. The Balaban J connectivity index is 1.67. The van der Waals surface area contributed by atoms with Crippen LogP contribution in [0.4, 0.5) is 8.78 Å². The van der Waals surface area contributed by atoms with Crippen LogP contribution in [0.2, 0.25) is 0 Å². The molecule has 1 aliphatic rings. The molecule has 0 bridgehead atoms. The van der Waals surface area contributed by atoms with Gasteiger partial charge in [-0.15, -0.1) is 0 Å². The molecular weight excluding hydrogens is 526 g/mol. The quantitative estimate of drug-likeness (QED) is 0.172. The molecule has 4 rings (SSSR count). The average molecular weight is 565 g/mol. The van der Waals surface area contributed by atoms with Crippen molar-refractivity contribution in [2.75, 3.05) is 13.7 Å². The van der Waals surface area contributed by atoms with Crippen molar-refractivity contribution in [2.24, 2.45) is 5.92 Å². The Morgan fingerprint density at radius 1 is 1.12 bits per heavy atom. The minimum Gasteiger partial charge on any atom is -0.481 e. The number of nitrogens with zero attached hydrogens (tertiary/aromatic N) is 2. The molecule has 1 aliphatic carbocycles. The molecule has 0 spiro atoms. The fourth-order valence-electron chi connectivity index (χ4n) is 5.34. The molecule has 218 valence electrons. The van der Waals surface area contributed by atoms with Crippen LogP contribution in [-0.4, -0.2) is 47.0 Å². The predicted octanol–water partition coefficient (Wildman–Crippen LogP) is 7.16. The fourth-order valence-corrected chi connectivity index (χ4v) is 5.34. The van der Waals surface area contributed by atoms with E-state index in [0.29, 0.717) is 28.8 Å². The molecule has 1 heterocycles. The summed E-state index contributed by atoms with van der Waals surface area (Å²) in [7, 11) is 1.47. The minimum absolute atomic E-state index is 0.0737. The summed E-state index contributed by atoms with van der Waals surface area (Å²) in [5.74, 6) is -1.58. The van der Waals surface area contributed by atoms with E-state index in [0.717, 1.165) is 31.1 Å². The molecule has 3 aromatic rings. The van der Waals surface area contributed by atoms with E-state index < -0.39 is 29.2 Å².